The molecule has 2 atom stereocenters. The Bertz CT molecular complexity index is 1330. The summed E-state index contributed by atoms with van der Waals surface area (Å²) >= 11 is -1.26. The first-order valence-corrected chi connectivity index (χ1v) is 11.4. The summed E-state index contributed by atoms with van der Waals surface area (Å²) in [6, 6.07) is 11.3. The number of benzene rings is 2. The quantitative estimate of drug-likeness (QED) is 0.465. The van der Waals surface area contributed by atoms with E-state index in [9.17, 15) is 9.35 Å². The fourth-order valence-electron chi connectivity index (χ4n) is 3.69. The van der Waals surface area contributed by atoms with Gasteiger partial charge in [-0.25, -0.2) is 4.98 Å². The molecule has 0 bridgehead atoms. The van der Waals surface area contributed by atoms with Crippen LogP contribution in [0.25, 0.3) is 33.3 Å². The zero-order chi connectivity index (χ0) is 22.5. The highest BCUT2D eigenvalue weighted by atomic mass is 32.2. The van der Waals surface area contributed by atoms with Gasteiger partial charge >= 0.3 is 0 Å². The minimum absolute atomic E-state index is 0.127. The molecule has 2 aromatic heterocycles. The van der Waals surface area contributed by atoms with E-state index in [1.165, 1.54) is 0 Å². The molecule has 0 fully saturated rings. The van der Waals surface area contributed by atoms with Crippen LogP contribution in [0.15, 0.2) is 51.9 Å². The summed E-state index contributed by atoms with van der Waals surface area (Å²) in [7, 11) is 1.73. The predicted octanol–water partition coefficient (Wildman–Crippen LogP) is 4.77. The molecule has 4 aromatic rings. The molecule has 0 spiro atoms. The van der Waals surface area contributed by atoms with E-state index in [4.69, 9.17) is 9.40 Å². The maximum Gasteiger partial charge on any atom is 0.261 e. The van der Waals surface area contributed by atoms with Crippen LogP contribution in [0.3, 0.4) is 0 Å². The highest BCUT2D eigenvalue weighted by Gasteiger charge is 2.29. The van der Waals surface area contributed by atoms with Gasteiger partial charge in [0.15, 0.2) is 0 Å². The first-order valence-electron chi connectivity index (χ1n) is 10.2. The Morgan fingerprint density at radius 3 is 2.68 bits per heavy atom. The summed E-state index contributed by atoms with van der Waals surface area (Å²) in [5.74, 6) is 0.535. The number of para-hydroxylation sites is 1. The van der Waals surface area contributed by atoms with Gasteiger partial charge in [0.2, 0.25) is 0 Å². The van der Waals surface area contributed by atoms with Crippen LogP contribution in [0.5, 0.6) is 0 Å². The fourth-order valence-corrected chi connectivity index (χ4v) is 4.49. The van der Waals surface area contributed by atoms with Crippen LogP contribution in [0.1, 0.15) is 44.9 Å². The van der Waals surface area contributed by atoms with Crippen molar-refractivity contribution in [1.82, 2.24) is 14.3 Å². The SMILES string of the molecule is Cc1cc(C(C)N[S+]([O-])C(C)(C)C)c2nc(-c3cccc4ccoc34)n(C)c(=O)c2c1. The average Bonchev–Trinajstić information content (AvgIpc) is 3.18. The number of hydrogen-bond donors (Lipinski definition) is 1. The zero-order valence-corrected chi connectivity index (χ0v) is 19.5. The van der Waals surface area contributed by atoms with Crippen molar-refractivity contribution in [2.45, 2.75) is 45.4 Å². The lowest BCUT2D eigenvalue weighted by atomic mass is 10.0. The van der Waals surface area contributed by atoms with Crippen LogP contribution < -0.4 is 10.3 Å². The monoisotopic (exact) mass is 437 g/mol. The van der Waals surface area contributed by atoms with Crippen LogP contribution in [0, 0.1) is 6.92 Å². The van der Waals surface area contributed by atoms with Crippen LogP contribution >= 0.6 is 0 Å². The van der Waals surface area contributed by atoms with E-state index >= 15 is 0 Å². The highest BCUT2D eigenvalue weighted by Crippen LogP contribution is 2.31. The lowest BCUT2D eigenvalue weighted by Gasteiger charge is -2.27. The average molecular weight is 438 g/mol. The zero-order valence-electron chi connectivity index (χ0n) is 18.6. The minimum Gasteiger partial charge on any atom is -0.598 e. The van der Waals surface area contributed by atoms with Crippen LogP contribution in [-0.2, 0) is 18.4 Å². The second-order valence-corrected chi connectivity index (χ2v) is 10.9. The van der Waals surface area contributed by atoms with Gasteiger partial charge in [-0.05, 0) is 58.4 Å². The molecule has 2 aromatic carbocycles. The van der Waals surface area contributed by atoms with Gasteiger partial charge in [0.25, 0.3) is 5.56 Å². The smallest absolute Gasteiger partial charge is 0.261 e. The van der Waals surface area contributed by atoms with E-state index in [0.29, 0.717) is 22.3 Å². The summed E-state index contributed by atoms with van der Waals surface area (Å²) in [5.41, 5.74) is 3.74. The van der Waals surface area contributed by atoms with Gasteiger partial charge in [0, 0.05) is 29.4 Å². The Kier molecular flexibility index (Phi) is 5.45. The van der Waals surface area contributed by atoms with Crippen molar-refractivity contribution in [2.24, 2.45) is 7.05 Å². The molecule has 7 heteroatoms. The molecule has 2 heterocycles. The molecule has 31 heavy (non-hydrogen) atoms. The van der Waals surface area contributed by atoms with Gasteiger partial charge in [0.1, 0.15) is 16.2 Å². The Morgan fingerprint density at radius 1 is 1.23 bits per heavy atom. The molecule has 4 rings (SSSR count). The fraction of sp³-hybridized carbons (Fsp3) is 0.333. The van der Waals surface area contributed by atoms with Crippen molar-refractivity contribution in [3.8, 4) is 11.4 Å². The number of nitrogens with one attached hydrogen (secondary N) is 1. The third-order valence-corrected chi connectivity index (χ3v) is 7.06. The van der Waals surface area contributed by atoms with Crippen molar-refractivity contribution in [3.05, 3.63) is 64.1 Å². The molecule has 0 saturated heterocycles. The molecule has 0 amide bonds. The normalized spacial score (nSPS) is 14.3. The van der Waals surface area contributed by atoms with Gasteiger partial charge in [-0.3, -0.25) is 9.36 Å². The lowest BCUT2D eigenvalue weighted by molar-refractivity contribution is 0.531. The van der Waals surface area contributed by atoms with Crippen molar-refractivity contribution in [3.63, 3.8) is 0 Å². The van der Waals surface area contributed by atoms with Crippen molar-refractivity contribution in [2.75, 3.05) is 0 Å². The van der Waals surface area contributed by atoms with Gasteiger partial charge in [-0.2, -0.15) is 0 Å². The van der Waals surface area contributed by atoms with E-state index < -0.39 is 16.1 Å². The first kappa shape index (κ1) is 21.6. The molecule has 0 aliphatic heterocycles. The number of aromatic nitrogens is 2. The number of rotatable bonds is 4. The van der Waals surface area contributed by atoms with E-state index in [0.717, 1.165) is 22.1 Å². The standard InChI is InChI=1S/C24H27N3O3S/c1-14-12-18(15(2)26-31(29)24(3,4)5)20-19(13-14)23(28)27(6)22(25-20)17-9-7-8-16-10-11-30-21(16)17/h7-13,15,26H,1-6H3. The molecular weight excluding hydrogens is 410 g/mol. The summed E-state index contributed by atoms with van der Waals surface area (Å²) in [5, 5.41) is 1.50. The summed E-state index contributed by atoms with van der Waals surface area (Å²) in [6.07, 6.45) is 1.63. The van der Waals surface area contributed by atoms with Crippen LogP contribution in [0.2, 0.25) is 0 Å². The molecule has 0 aliphatic carbocycles. The Hall–Kier alpha value is -2.61. The van der Waals surface area contributed by atoms with Crippen molar-refractivity contribution < 1.29 is 8.97 Å². The first-order chi connectivity index (χ1) is 14.6. The van der Waals surface area contributed by atoms with Crippen LogP contribution in [-0.4, -0.2) is 18.9 Å². The molecular formula is C24H27N3O3S. The Labute approximate surface area is 184 Å². The molecule has 6 nitrogen and oxygen atoms in total. The molecule has 0 radical (unpaired) electrons. The maximum atomic E-state index is 13.3. The summed E-state index contributed by atoms with van der Waals surface area (Å²) < 4.78 is 22.7. The van der Waals surface area contributed by atoms with E-state index in [2.05, 4.69) is 4.72 Å². The van der Waals surface area contributed by atoms with Crippen molar-refractivity contribution in [1.29, 1.82) is 0 Å². The van der Waals surface area contributed by atoms with Gasteiger partial charge < -0.3 is 8.97 Å². The second kappa shape index (κ2) is 7.82. The lowest BCUT2D eigenvalue weighted by Crippen LogP contribution is -2.40. The number of fused-ring (bicyclic) bond motifs is 2. The largest absolute Gasteiger partial charge is 0.598 e. The highest BCUT2D eigenvalue weighted by molar-refractivity contribution is 7.90. The summed E-state index contributed by atoms with van der Waals surface area (Å²) in [6.45, 7) is 9.67. The molecule has 1 N–H and O–H groups in total. The molecule has 2 unspecified atom stereocenters. The molecule has 0 aliphatic rings. The summed E-state index contributed by atoms with van der Waals surface area (Å²) in [4.78, 5) is 18.2. The number of aryl methyl sites for hydroxylation is 1. The van der Waals surface area contributed by atoms with E-state index in [1.54, 1.807) is 17.9 Å². The van der Waals surface area contributed by atoms with Crippen LogP contribution in [0.4, 0.5) is 0 Å². The molecule has 162 valence electrons. The minimum atomic E-state index is -1.26. The van der Waals surface area contributed by atoms with Gasteiger partial charge in [-0.15, -0.1) is 4.72 Å². The third-order valence-electron chi connectivity index (χ3n) is 5.38. The Morgan fingerprint density at radius 2 is 1.97 bits per heavy atom. The maximum absolute atomic E-state index is 13.3. The number of nitrogens with zero attached hydrogens (tertiary/aromatic N) is 2. The predicted molar refractivity (Wildman–Crippen MR) is 126 cm³/mol. The topological polar surface area (TPSA) is 83.1 Å². The van der Waals surface area contributed by atoms with Crippen molar-refractivity contribution >= 4 is 33.2 Å². The Balaban J connectivity index is 1.95. The number of hydrogen-bond acceptors (Lipinski definition) is 5. The molecule has 0 saturated carbocycles. The van der Waals surface area contributed by atoms with E-state index in [-0.39, 0.29) is 11.6 Å². The third kappa shape index (κ3) is 3.89. The van der Waals surface area contributed by atoms with Gasteiger partial charge in [0.05, 0.1) is 28.8 Å². The van der Waals surface area contributed by atoms with Gasteiger partial charge in [-0.1, -0.05) is 18.2 Å². The number of furan rings is 1. The van der Waals surface area contributed by atoms with E-state index in [1.807, 2.05) is 71.0 Å². The second-order valence-electron chi connectivity index (χ2n) is 8.92.